The molecule has 0 amide bonds. The Hall–Kier alpha value is -1.69. The van der Waals surface area contributed by atoms with Gasteiger partial charge >= 0.3 is 0 Å². The van der Waals surface area contributed by atoms with Crippen LogP contribution in [-0.2, 0) is 0 Å². The average molecular weight is 239 g/mol. The number of anilines is 1. The molecule has 1 heterocycles. The molecule has 0 aliphatic carbocycles. The highest BCUT2D eigenvalue weighted by atomic mass is 16.6. The second kappa shape index (κ2) is 5.09. The Balaban J connectivity index is 2.75. The van der Waals surface area contributed by atoms with Crippen LogP contribution in [0.25, 0.3) is 0 Å². The number of hydrogen-bond acceptors (Lipinski definition) is 5. The van der Waals surface area contributed by atoms with Gasteiger partial charge < -0.3 is 10.4 Å². The Labute approximate surface area is 99.8 Å². The number of hydrogen-bond donors (Lipinski definition) is 2. The van der Waals surface area contributed by atoms with Gasteiger partial charge in [-0.1, -0.05) is 6.92 Å². The second-order valence-electron chi connectivity index (χ2n) is 4.26. The summed E-state index contributed by atoms with van der Waals surface area (Å²) in [6, 6.07) is 2.95. The van der Waals surface area contributed by atoms with Gasteiger partial charge in [-0.05, 0) is 26.3 Å². The van der Waals surface area contributed by atoms with Gasteiger partial charge in [0.05, 0.1) is 10.5 Å². The molecule has 6 heteroatoms. The van der Waals surface area contributed by atoms with Crippen molar-refractivity contribution >= 4 is 11.5 Å². The van der Waals surface area contributed by atoms with E-state index in [0.29, 0.717) is 24.5 Å². The van der Waals surface area contributed by atoms with E-state index in [-0.39, 0.29) is 5.69 Å². The molecule has 94 valence electrons. The second-order valence-corrected chi connectivity index (χ2v) is 4.26. The van der Waals surface area contributed by atoms with E-state index in [1.54, 1.807) is 13.8 Å². The molecule has 1 aromatic rings. The van der Waals surface area contributed by atoms with Crippen LogP contribution in [-0.4, -0.2) is 27.2 Å². The molecule has 0 spiro atoms. The molecular formula is C11H17N3O3. The number of nitro groups is 1. The van der Waals surface area contributed by atoms with Crippen LogP contribution in [0.3, 0.4) is 0 Å². The number of aryl methyl sites for hydroxylation is 1. The molecule has 0 aliphatic heterocycles. The molecule has 0 radical (unpaired) electrons. The number of pyridine rings is 1. The summed E-state index contributed by atoms with van der Waals surface area (Å²) in [4.78, 5) is 14.2. The van der Waals surface area contributed by atoms with Crippen molar-refractivity contribution in [1.29, 1.82) is 0 Å². The zero-order valence-corrected chi connectivity index (χ0v) is 10.2. The third kappa shape index (κ3) is 3.67. The van der Waals surface area contributed by atoms with E-state index in [9.17, 15) is 15.2 Å². The van der Waals surface area contributed by atoms with E-state index in [1.807, 2.05) is 6.92 Å². The Bertz CT molecular complexity index is 418. The Morgan fingerprint density at radius 2 is 2.24 bits per heavy atom. The van der Waals surface area contributed by atoms with E-state index in [4.69, 9.17) is 0 Å². The maximum Gasteiger partial charge on any atom is 0.290 e. The molecule has 1 unspecified atom stereocenters. The predicted octanol–water partition coefficient (Wildman–Crippen LogP) is 1.87. The van der Waals surface area contributed by atoms with Crippen molar-refractivity contribution in [3.63, 3.8) is 0 Å². The maximum absolute atomic E-state index is 10.6. The highest BCUT2D eigenvalue weighted by Gasteiger charge is 2.18. The van der Waals surface area contributed by atoms with Crippen LogP contribution in [0.2, 0.25) is 0 Å². The first-order valence-corrected chi connectivity index (χ1v) is 5.44. The molecule has 0 aromatic carbocycles. The Morgan fingerprint density at radius 1 is 1.59 bits per heavy atom. The van der Waals surface area contributed by atoms with Gasteiger partial charge in [-0.2, -0.15) is 0 Å². The van der Waals surface area contributed by atoms with Crippen molar-refractivity contribution < 1.29 is 10.0 Å². The van der Waals surface area contributed by atoms with E-state index in [2.05, 4.69) is 10.3 Å². The summed E-state index contributed by atoms with van der Waals surface area (Å²) in [5.74, 6) is 0.529. The topological polar surface area (TPSA) is 88.3 Å². The van der Waals surface area contributed by atoms with Crippen LogP contribution in [0.15, 0.2) is 12.1 Å². The number of nitrogens with zero attached hydrogens (tertiary/aromatic N) is 2. The van der Waals surface area contributed by atoms with Crippen molar-refractivity contribution in [2.45, 2.75) is 32.8 Å². The first kappa shape index (κ1) is 13.4. The SMILES string of the molecule is CCC(C)(O)CNc1ccc([N+](=O)[O-])c(C)n1. The van der Waals surface area contributed by atoms with E-state index >= 15 is 0 Å². The molecular weight excluding hydrogens is 222 g/mol. The van der Waals surface area contributed by atoms with E-state index < -0.39 is 10.5 Å². The van der Waals surface area contributed by atoms with Crippen LogP contribution in [0.5, 0.6) is 0 Å². The molecule has 0 fully saturated rings. The van der Waals surface area contributed by atoms with Gasteiger partial charge in [0.2, 0.25) is 0 Å². The smallest absolute Gasteiger partial charge is 0.290 e. The number of aromatic nitrogens is 1. The van der Waals surface area contributed by atoms with Crippen LogP contribution < -0.4 is 5.32 Å². The van der Waals surface area contributed by atoms with E-state index in [1.165, 1.54) is 12.1 Å². The summed E-state index contributed by atoms with van der Waals surface area (Å²) in [7, 11) is 0. The van der Waals surface area contributed by atoms with Crippen LogP contribution in [0, 0.1) is 17.0 Å². The molecule has 0 saturated heterocycles. The minimum absolute atomic E-state index is 0.00204. The van der Waals surface area contributed by atoms with Gasteiger partial charge in [0.1, 0.15) is 11.5 Å². The molecule has 2 N–H and O–H groups in total. The molecule has 6 nitrogen and oxygen atoms in total. The quantitative estimate of drug-likeness (QED) is 0.605. The predicted molar refractivity (Wildman–Crippen MR) is 65.0 cm³/mol. The first-order chi connectivity index (χ1) is 7.85. The van der Waals surface area contributed by atoms with Crippen molar-refractivity contribution in [1.82, 2.24) is 4.98 Å². The highest BCUT2D eigenvalue weighted by Crippen LogP contribution is 2.18. The zero-order chi connectivity index (χ0) is 13.1. The molecule has 17 heavy (non-hydrogen) atoms. The number of nitrogens with one attached hydrogen (secondary N) is 1. The van der Waals surface area contributed by atoms with Gasteiger partial charge in [-0.25, -0.2) is 4.98 Å². The lowest BCUT2D eigenvalue weighted by Gasteiger charge is -2.21. The summed E-state index contributed by atoms with van der Waals surface area (Å²) < 4.78 is 0. The highest BCUT2D eigenvalue weighted by molar-refractivity contribution is 5.44. The van der Waals surface area contributed by atoms with Crippen LogP contribution in [0.4, 0.5) is 11.5 Å². The minimum atomic E-state index is -0.808. The van der Waals surface area contributed by atoms with Crippen molar-refractivity contribution in [3.8, 4) is 0 Å². The third-order valence-electron chi connectivity index (χ3n) is 2.67. The Morgan fingerprint density at radius 3 is 2.71 bits per heavy atom. The zero-order valence-electron chi connectivity index (χ0n) is 10.2. The summed E-state index contributed by atoms with van der Waals surface area (Å²) >= 11 is 0. The molecule has 0 bridgehead atoms. The van der Waals surface area contributed by atoms with Crippen molar-refractivity contribution in [3.05, 3.63) is 27.9 Å². The van der Waals surface area contributed by atoms with Crippen molar-refractivity contribution in [2.75, 3.05) is 11.9 Å². The maximum atomic E-state index is 10.6. The van der Waals surface area contributed by atoms with Gasteiger partial charge in [-0.3, -0.25) is 10.1 Å². The largest absolute Gasteiger partial charge is 0.388 e. The van der Waals surface area contributed by atoms with Gasteiger partial charge in [0, 0.05) is 12.6 Å². The van der Waals surface area contributed by atoms with Gasteiger partial charge in [0.15, 0.2) is 0 Å². The van der Waals surface area contributed by atoms with Gasteiger partial charge in [-0.15, -0.1) is 0 Å². The fourth-order valence-electron chi connectivity index (χ4n) is 1.25. The first-order valence-electron chi connectivity index (χ1n) is 5.44. The lowest BCUT2D eigenvalue weighted by molar-refractivity contribution is -0.385. The third-order valence-corrected chi connectivity index (χ3v) is 2.67. The minimum Gasteiger partial charge on any atom is -0.388 e. The van der Waals surface area contributed by atoms with E-state index in [0.717, 1.165) is 0 Å². The fourth-order valence-corrected chi connectivity index (χ4v) is 1.25. The summed E-state index contributed by atoms with van der Waals surface area (Å²) in [6.45, 7) is 5.55. The van der Waals surface area contributed by atoms with Crippen molar-refractivity contribution in [2.24, 2.45) is 0 Å². The normalized spacial score (nSPS) is 14.1. The average Bonchev–Trinajstić information content (AvgIpc) is 2.26. The summed E-state index contributed by atoms with van der Waals surface area (Å²) in [5, 5.41) is 23.4. The molecule has 0 aliphatic rings. The molecule has 1 aromatic heterocycles. The molecule has 0 saturated carbocycles. The summed E-state index contributed by atoms with van der Waals surface area (Å²) in [5.41, 5.74) is -0.453. The Kier molecular flexibility index (Phi) is 4.01. The fraction of sp³-hybridized carbons (Fsp3) is 0.545. The monoisotopic (exact) mass is 239 g/mol. The summed E-state index contributed by atoms with van der Waals surface area (Å²) in [6.07, 6.45) is 0.617. The lowest BCUT2D eigenvalue weighted by Crippen LogP contribution is -2.32. The molecule has 1 rings (SSSR count). The number of aliphatic hydroxyl groups is 1. The standard InChI is InChI=1S/C11H17N3O3/c1-4-11(3,15)7-12-10-6-5-9(14(16)17)8(2)13-10/h5-6,15H,4,7H2,1-3H3,(H,12,13). The number of rotatable bonds is 5. The van der Waals surface area contributed by atoms with Crippen LogP contribution >= 0.6 is 0 Å². The van der Waals surface area contributed by atoms with Gasteiger partial charge in [0.25, 0.3) is 5.69 Å². The lowest BCUT2D eigenvalue weighted by atomic mass is 10.0. The molecule has 1 atom stereocenters. The van der Waals surface area contributed by atoms with Crippen LogP contribution in [0.1, 0.15) is 26.0 Å².